The molecule has 0 radical (unpaired) electrons. The lowest BCUT2D eigenvalue weighted by atomic mass is 9.55. The Morgan fingerprint density at radius 1 is 1.41 bits per heavy atom. The van der Waals surface area contributed by atoms with E-state index in [9.17, 15) is 4.79 Å². The van der Waals surface area contributed by atoms with E-state index in [1.165, 1.54) is 11.1 Å². The summed E-state index contributed by atoms with van der Waals surface area (Å²) < 4.78 is 11.9. The van der Waals surface area contributed by atoms with E-state index < -0.39 is 0 Å². The molecule has 2 heterocycles. The lowest BCUT2D eigenvalue weighted by Crippen LogP contribution is -2.61. The van der Waals surface area contributed by atoms with E-state index in [0.29, 0.717) is 6.42 Å². The minimum atomic E-state index is -0.231. The van der Waals surface area contributed by atoms with Crippen molar-refractivity contribution < 1.29 is 14.3 Å². The van der Waals surface area contributed by atoms with Gasteiger partial charge in [-0.15, -0.1) is 0 Å². The summed E-state index contributed by atoms with van der Waals surface area (Å²) in [6.45, 7) is 0. The van der Waals surface area contributed by atoms with Crippen LogP contribution >= 0.6 is 0 Å². The van der Waals surface area contributed by atoms with Crippen LogP contribution in [-0.4, -0.2) is 36.6 Å². The van der Waals surface area contributed by atoms with Gasteiger partial charge in [0.2, 0.25) is 5.91 Å². The molecule has 2 aliphatic carbocycles. The van der Waals surface area contributed by atoms with E-state index in [2.05, 4.69) is 18.2 Å². The monoisotopic (exact) mass is 297 g/mol. The van der Waals surface area contributed by atoms with Gasteiger partial charge in [0.1, 0.15) is 6.10 Å². The number of benzene rings is 1. The summed E-state index contributed by atoms with van der Waals surface area (Å²) in [7, 11) is 3.63. The second kappa shape index (κ2) is 3.67. The van der Waals surface area contributed by atoms with Crippen molar-refractivity contribution >= 4 is 12.0 Å². The first-order valence-corrected chi connectivity index (χ1v) is 7.98. The number of nitrogens with zero attached hydrogens (tertiary/aromatic N) is 1. The third-order valence-electron chi connectivity index (χ3n) is 6.37. The van der Waals surface area contributed by atoms with Gasteiger partial charge in [0.15, 0.2) is 11.5 Å². The summed E-state index contributed by atoms with van der Waals surface area (Å²) in [5.74, 6) is 1.88. The molecule has 4 nitrogen and oxygen atoms in total. The van der Waals surface area contributed by atoms with Gasteiger partial charge in [0, 0.05) is 19.0 Å². The molecule has 1 spiro atoms. The summed E-state index contributed by atoms with van der Waals surface area (Å²) in [6, 6.07) is 4.07. The molecule has 3 atom stereocenters. The fourth-order valence-corrected chi connectivity index (χ4v) is 5.41. The van der Waals surface area contributed by atoms with Crippen LogP contribution in [0, 0.1) is 0 Å². The van der Waals surface area contributed by atoms with E-state index in [0.717, 1.165) is 30.8 Å². The number of carbonyl (C=O) groups excluding carboxylic acids is 1. The number of amides is 1. The predicted octanol–water partition coefficient (Wildman–Crippen LogP) is 2.51. The van der Waals surface area contributed by atoms with E-state index >= 15 is 0 Å². The first kappa shape index (κ1) is 12.6. The fraction of sp³-hybridized carbons (Fsp3) is 0.500. The van der Waals surface area contributed by atoms with E-state index in [1.54, 1.807) is 7.11 Å². The summed E-state index contributed by atoms with van der Waals surface area (Å²) in [5.41, 5.74) is 1.93. The Labute approximate surface area is 129 Å². The Kier molecular flexibility index (Phi) is 2.10. The molecule has 1 aromatic carbocycles. The van der Waals surface area contributed by atoms with Gasteiger partial charge in [0.05, 0.1) is 18.1 Å². The average Bonchev–Trinajstić information content (AvgIpc) is 2.98. The maximum atomic E-state index is 12.6. The molecule has 1 saturated heterocycles. The summed E-state index contributed by atoms with van der Waals surface area (Å²) in [4.78, 5) is 14.6. The van der Waals surface area contributed by atoms with Gasteiger partial charge in [-0.3, -0.25) is 4.79 Å². The normalized spacial score (nSPS) is 36.9. The highest BCUT2D eigenvalue weighted by Crippen LogP contribution is 2.66. The first-order chi connectivity index (χ1) is 10.6. The van der Waals surface area contributed by atoms with Crippen molar-refractivity contribution in [3.8, 4) is 11.5 Å². The van der Waals surface area contributed by atoms with Crippen molar-refractivity contribution in [1.82, 2.24) is 4.90 Å². The molecule has 1 aromatic rings. The van der Waals surface area contributed by atoms with Crippen LogP contribution in [0.3, 0.4) is 0 Å². The van der Waals surface area contributed by atoms with Crippen molar-refractivity contribution in [1.29, 1.82) is 0 Å². The van der Waals surface area contributed by atoms with Gasteiger partial charge in [-0.1, -0.05) is 18.2 Å². The highest BCUT2D eigenvalue weighted by Gasteiger charge is 2.71. The molecule has 0 N–H and O–H groups in total. The molecule has 22 heavy (non-hydrogen) atoms. The largest absolute Gasteiger partial charge is 0.493 e. The molecule has 0 bridgehead atoms. The maximum Gasteiger partial charge on any atom is 0.224 e. The van der Waals surface area contributed by atoms with Gasteiger partial charge in [-0.05, 0) is 30.9 Å². The lowest BCUT2D eigenvalue weighted by molar-refractivity contribution is -0.129. The number of likely N-dealkylation sites (tertiary alicyclic amines) is 1. The molecule has 4 aliphatic rings. The molecule has 5 rings (SSSR count). The summed E-state index contributed by atoms with van der Waals surface area (Å²) >= 11 is 0. The number of hydrogen-bond acceptors (Lipinski definition) is 3. The Hall–Kier alpha value is -1.97. The molecule has 2 aliphatic heterocycles. The number of methoxy groups -OCH3 is 1. The smallest absolute Gasteiger partial charge is 0.224 e. The van der Waals surface area contributed by atoms with Crippen LogP contribution in [0.25, 0.3) is 6.08 Å². The van der Waals surface area contributed by atoms with Gasteiger partial charge in [0.25, 0.3) is 0 Å². The number of carbonyl (C=O) groups is 1. The summed E-state index contributed by atoms with van der Waals surface area (Å²) in [5, 5.41) is 0. The Bertz CT molecular complexity index is 740. The maximum absolute atomic E-state index is 12.6. The van der Waals surface area contributed by atoms with Crippen molar-refractivity contribution in [2.75, 3.05) is 14.2 Å². The fourth-order valence-electron chi connectivity index (χ4n) is 5.41. The van der Waals surface area contributed by atoms with Gasteiger partial charge in [-0.25, -0.2) is 0 Å². The van der Waals surface area contributed by atoms with E-state index in [1.807, 2.05) is 18.0 Å². The van der Waals surface area contributed by atoms with Crippen LogP contribution in [0.4, 0.5) is 0 Å². The Morgan fingerprint density at radius 2 is 2.27 bits per heavy atom. The van der Waals surface area contributed by atoms with Crippen molar-refractivity contribution in [3.05, 3.63) is 29.3 Å². The second-order valence-electron chi connectivity index (χ2n) is 6.92. The number of ether oxygens (including phenoxy) is 2. The van der Waals surface area contributed by atoms with Crippen molar-refractivity contribution in [2.24, 2.45) is 0 Å². The van der Waals surface area contributed by atoms with Crippen LogP contribution < -0.4 is 9.47 Å². The molecule has 1 saturated carbocycles. The standard InChI is InChI=1S/C18H19NO3/c1-19-14(20)10-18-13-4-3-8-17(18,19)9-7-11-5-6-12(21-2)16(22-13)15(11)18/h5-7,9,13H,3-4,8,10H2,1-2H3/t13-,17?,18+/m0/s1. The topological polar surface area (TPSA) is 38.8 Å². The van der Waals surface area contributed by atoms with Gasteiger partial charge < -0.3 is 14.4 Å². The third kappa shape index (κ3) is 1.07. The van der Waals surface area contributed by atoms with E-state index in [-0.39, 0.29) is 23.0 Å². The first-order valence-electron chi connectivity index (χ1n) is 7.98. The lowest BCUT2D eigenvalue weighted by Gasteiger charge is -2.52. The molecule has 4 heteroatoms. The third-order valence-corrected chi connectivity index (χ3v) is 6.37. The zero-order valence-electron chi connectivity index (χ0n) is 12.9. The van der Waals surface area contributed by atoms with Crippen LogP contribution in [-0.2, 0) is 10.2 Å². The zero-order valence-corrected chi connectivity index (χ0v) is 12.9. The highest BCUT2D eigenvalue weighted by molar-refractivity contribution is 5.88. The van der Waals surface area contributed by atoms with Crippen LogP contribution in [0.15, 0.2) is 18.2 Å². The predicted molar refractivity (Wildman–Crippen MR) is 82.1 cm³/mol. The molecule has 114 valence electrons. The van der Waals surface area contributed by atoms with Gasteiger partial charge in [-0.2, -0.15) is 0 Å². The zero-order chi connectivity index (χ0) is 15.1. The molecule has 1 amide bonds. The molecule has 0 aromatic heterocycles. The quantitative estimate of drug-likeness (QED) is 0.799. The Morgan fingerprint density at radius 3 is 3.09 bits per heavy atom. The van der Waals surface area contributed by atoms with Gasteiger partial charge >= 0.3 is 0 Å². The minimum Gasteiger partial charge on any atom is -0.493 e. The number of hydrogen-bond donors (Lipinski definition) is 0. The molecular weight excluding hydrogens is 278 g/mol. The molecule has 1 unspecified atom stereocenters. The van der Waals surface area contributed by atoms with E-state index in [4.69, 9.17) is 9.47 Å². The van der Waals surface area contributed by atoms with Crippen molar-refractivity contribution in [3.63, 3.8) is 0 Å². The average molecular weight is 297 g/mol. The van der Waals surface area contributed by atoms with Crippen molar-refractivity contribution in [2.45, 2.75) is 42.7 Å². The summed E-state index contributed by atoms with van der Waals surface area (Å²) in [6.07, 6.45) is 8.16. The second-order valence-corrected chi connectivity index (χ2v) is 6.92. The number of rotatable bonds is 1. The highest BCUT2D eigenvalue weighted by atomic mass is 16.5. The molecular formula is C18H19NO3. The van der Waals surface area contributed by atoms with Crippen LogP contribution in [0.2, 0.25) is 0 Å². The van der Waals surface area contributed by atoms with Crippen LogP contribution in [0.1, 0.15) is 36.8 Å². The minimum absolute atomic E-state index is 0.0742. The Balaban J connectivity index is 1.88. The molecule has 2 fully saturated rings. The van der Waals surface area contributed by atoms with Crippen LogP contribution in [0.5, 0.6) is 11.5 Å². The SMILES string of the molecule is COc1ccc2c3c1O[C@H]1CCCC4(C=C2)N(C)C(=O)C[C@]314. The number of likely N-dealkylation sites (N-methyl/N-ethyl adjacent to an activating group) is 1.